The van der Waals surface area contributed by atoms with Crippen molar-refractivity contribution in [1.82, 2.24) is 10.2 Å². The Bertz CT molecular complexity index is 340. The molecule has 1 aliphatic heterocycles. The van der Waals surface area contributed by atoms with Crippen molar-refractivity contribution in [3.05, 3.63) is 0 Å². The molecule has 1 aliphatic carbocycles. The highest BCUT2D eigenvalue weighted by Crippen LogP contribution is 2.40. The van der Waals surface area contributed by atoms with Crippen molar-refractivity contribution >= 4 is 5.97 Å². The van der Waals surface area contributed by atoms with E-state index in [0.29, 0.717) is 6.54 Å². The van der Waals surface area contributed by atoms with Crippen LogP contribution in [-0.4, -0.2) is 60.9 Å². The molecule has 2 atom stereocenters. The van der Waals surface area contributed by atoms with E-state index in [4.69, 9.17) is 4.74 Å². The number of carbonyl (C=O) groups is 1. The van der Waals surface area contributed by atoms with Gasteiger partial charge in [0.25, 0.3) is 0 Å². The molecule has 0 bridgehead atoms. The Hall–Kier alpha value is -0.650. The van der Waals surface area contributed by atoms with Crippen molar-refractivity contribution in [2.24, 2.45) is 5.92 Å². The van der Waals surface area contributed by atoms with E-state index in [9.17, 15) is 9.90 Å². The molecule has 0 aromatic heterocycles. The predicted molar refractivity (Wildman–Crippen MR) is 82.5 cm³/mol. The van der Waals surface area contributed by atoms with Crippen molar-refractivity contribution < 1.29 is 14.6 Å². The van der Waals surface area contributed by atoms with Crippen molar-refractivity contribution in [1.29, 1.82) is 0 Å². The molecule has 2 rings (SSSR count). The molecule has 2 fully saturated rings. The van der Waals surface area contributed by atoms with Gasteiger partial charge >= 0.3 is 5.97 Å². The first kappa shape index (κ1) is 16.7. The Kier molecular flexibility index (Phi) is 6.02. The molecule has 1 saturated heterocycles. The number of hydrogen-bond acceptors (Lipinski definition) is 4. The number of nitrogens with one attached hydrogen (secondary N) is 1. The third-order valence-electron chi connectivity index (χ3n) is 4.65. The molecule has 0 aromatic rings. The Labute approximate surface area is 128 Å². The minimum absolute atomic E-state index is 0.264. The molecule has 5 nitrogen and oxygen atoms in total. The summed E-state index contributed by atoms with van der Waals surface area (Å²) in [5, 5.41) is 13.1. The topological polar surface area (TPSA) is 61.8 Å². The summed E-state index contributed by atoms with van der Waals surface area (Å²) < 4.78 is 5.77. The molecule has 2 aliphatic rings. The quantitative estimate of drug-likeness (QED) is 0.679. The molecule has 0 aromatic carbocycles. The normalized spacial score (nSPS) is 25.8. The Morgan fingerprint density at radius 2 is 2.14 bits per heavy atom. The van der Waals surface area contributed by atoms with E-state index in [1.807, 2.05) is 7.05 Å². The highest BCUT2D eigenvalue weighted by molar-refractivity contribution is 5.80. The molecule has 5 heteroatoms. The van der Waals surface area contributed by atoms with Crippen LogP contribution in [0, 0.1) is 5.92 Å². The summed E-state index contributed by atoms with van der Waals surface area (Å²) in [7, 11) is 2.02. The van der Waals surface area contributed by atoms with E-state index in [0.717, 1.165) is 51.8 Å². The first-order chi connectivity index (χ1) is 10.1. The van der Waals surface area contributed by atoms with Crippen molar-refractivity contribution in [3.63, 3.8) is 0 Å². The fourth-order valence-electron chi connectivity index (χ4n) is 3.36. The van der Waals surface area contributed by atoms with Crippen LogP contribution in [0.1, 0.15) is 45.4 Å². The van der Waals surface area contributed by atoms with Crippen molar-refractivity contribution in [2.75, 3.05) is 33.3 Å². The minimum Gasteiger partial charge on any atom is -0.480 e. The number of hydrogen-bond donors (Lipinski definition) is 2. The van der Waals surface area contributed by atoms with E-state index in [1.54, 1.807) is 0 Å². The van der Waals surface area contributed by atoms with E-state index < -0.39 is 11.5 Å². The molecule has 0 spiro atoms. The van der Waals surface area contributed by atoms with Crippen LogP contribution in [0.25, 0.3) is 0 Å². The van der Waals surface area contributed by atoms with Gasteiger partial charge in [0.2, 0.25) is 0 Å². The van der Waals surface area contributed by atoms with Gasteiger partial charge in [0.05, 0.1) is 6.10 Å². The van der Waals surface area contributed by atoms with Crippen molar-refractivity contribution in [2.45, 2.75) is 57.1 Å². The van der Waals surface area contributed by atoms with E-state index in [-0.39, 0.29) is 12.0 Å². The molecular formula is C16H30N2O3. The first-order valence-corrected chi connectivity index (χ1v) is 8.37. The van der Waals surface area contributed by atoms with Gasteiger partial charge in [-0.1, -0.05) is 6.92 Å². The second-order valence-corrected chi connectivity index (χ2v) is 6.66. The maximum Gasteiger partial charge on any atom is 0.325 e. The largest absolute Gasteiger partial charge is 0.480 e. The summed E-state index contributed by atoms with van der Waals surface area (Å²) in [6.45, 7) is 5.07. The smallest absolute Gasteiger partial charge is 0.325 e. The number of rotatable bonds is 9. The summed E-state index contributed by atoms with van der Waals surface area (Å²) in [6, 6.07) is 0. The summed E-state index contributed by atoms with van der Waals surface area (Å²) >= 11 is 0. The minimum atomic E-state index is -0.778. The van der Waals surface area contributed by atoms with Gasteiger partial charge < -0.3 is 20.1 Å². The summed E-state index contributed by atoms with van der Waals surface area (Å²) in [4.78, 5) is 14.1. The predicted octanol–water partition coefficient (Wildman–Crippen LogP) is 1.72. The molecule has 0 amide bonds. The third-order valence-corrected chi connectivity index (χ3v) is 4.65. The second-order valence-electron chi connectivity index (χ2n) is 6.66. The highest BCUT2D eigenvalue weighted by Gasteiger charge is 2.51. The van der Waals surface area contributed by atoms with Crippen molar-refractivity contribution in [3.8, 4) is 0 Å². The molecule has 122 valence electrons. The number of carboxylic acid groups (broad SMARTS) is 1. The lowest BCUT2D eigenvalue weighted by atomic mass is 9.92. The zero-order valence-corrected chi connectivity index (χ0v) is 13.4. The maximum atomic E-state index is 11.9. The summed E-state index contributed by atoms with van der Waals surface area (Å²) in [5.74, 6) is -0.425. The Morgan fingerprint density at radius 1 is 1.38 bits per heavy atom. The number of likely N-dealkylation sites (N-methyl/N-ethyl adjacent to an activating group) is 1. The van der Waals surface area contributed by atoms with Crippen LogP contribution in [0.3, 0.4) is 0 Å². The van der Waals surface area contributed by atoms with Gasteiger partial charge in [-0.05, 0) is 58.0 Å². The number of carboxylic acids is 1. The van der Waals surface area contributed by atoms with Crippen LogP contribution in [0.5, 0.6) is 0 Å². The van der Waals surface area contributed by atoms with Crippen LogP contribution >= 0.6 is 0 Å². The van der Waals surface area contributed by atoms with Gasteiger partial charge in [-0.25, -0.2) is 0 Å². The van der Waals surface area contributed by atoms with Crippen LogP contribution < -0.4 is 5.32 Å². The number of aliphatic carboxylic acids is 1. The Balaban J connectivity index is 1.94. The van der Waals surface area contributed by atoms with Gasteiger partial charge in [-0.15, -0.1) is 0 Å². The lowest BCUT2D eigenvalue weighted by Crippen LogP contribution is -2.61. The molecule has 0 radical (unpaired) electrons. The molecule has 1 saturated carbocycles. The molecule has 2 N–H and O–H groups in total. The fraction of sp³-hybridized carbons (Fsp3) is 0.938. The summed E-state index contributed by atoms with van der Waals surface area (Å²) in [6.07, 6.45) is 6.74. The zero-order valence-electron chi connectivity index (χ0n) is 13.4. The zero-order chi connectivity index (χ0) is 15.3. The second kappa shape index (κ2) is 7.56. The standard InChI is InChI=1S/C16H30N2O3/c1-3-9-17-16(15(19)20,13-7-8-13)12-18(2)11-14-6-4-5-10-21-14/h13-14,17H,3-12H2,1-2H3,(H,19,20). The lowest BCUT2D eigenvalue weighted by molar-refractivity contribution is -0.147. The number of ether oxygens (including phenoxy) is 1. The average molecular weight is 298 g/mol. The van der Waals surface area contributed by atoms with E-state index >= 15 is 0 Å². The van der Waals surface area contributed by atoms with Crippen LogP contribution in [-0.2, 0) is 9.53 Å². The SMILES string of the molecule is CCCNC(CN(C)CC1CCCCO1)(C(=O)O)C1CC1. The highest BCUT2D eigenvalue weighted by atomic mass is 16.5. The third kappa shape index (κ3) is 4.41. The maximum absolute atomic E-state index is 11.9. The van der Waals surface area contributed by atoms with Crippen LogP contribution in [0.4, 0.5) is 0 Å². The van der Waals surface area contributed by atoms with Crippen LogP contribution in [0.15, 0.2) is 0 Å². The van der Waals surface area contributed by atoms with E-state index in [1.165, 1.54) is 6.42 Å². The molecule has 21 heavy (non-hydrogen) atoms. The van der Waals surface area contributed by atoms with Crippen LogP contribution in [0.2, 0.25) is 0 Å². The van der Waals surface area contributed by atoms with Gasteiger partial charge in [0, 0.05) is 19.7 Å². The monoisotopic (exact) mass is 298 g/mol. The van der Waals surface area contributed by atoms with E-state index in [2.05, 4.69) is 17.1 Å². The fourth-order valence-corrected chi connectivity index (χ4v) is 3.36. The first-order valence-electron chi connectivity index (χ1n) is 8.37. The Morgan fingerprint density at radius 3 is 2.67 bits per heavy atom. The average Bonchev–Trinajstić information content (AvgIpc) is 3.29. The summed E-state index contributed by atoms with van der Waals surface area (Å²) in [5.41, 5.74) is -0.778. The molecule has 1 heterocycles. The van der Waals surface area contributed by atoms with Gasteiger partial charge in [-0.2, -0.15) is 0 Å². The number of nitrogens with zero attached hydrogens (tertiary/aromatic N) is 1. The van der Waals surface area contributed by atoms with Gasteiger partial charge in [0.1, 0.15) is 5.54 Å². The van der Waals surface area contributed by atoms with Gasteiger partial charge in [0.15, 0.2) is 0 Å². The lowest BCUT2D eigenvalue weighted by Gasteiger charge is -2.36. The molecule has 2 unspecified atom stereocenters. The van der Waals surface area contributed by atoms with Gasteiger partial charge in [-0.3, -0.25) is 4.79 Å². The molecular weight excluding hydrogens is 268 g/mol.